The molecule has 2 aromatic rings. The van der Waals surface area contributed by atoms with Crippen LogP contribution in [0.1, 0.15) is 37.1 Å². The molecule has 130 valence electrons. The first-order valence-electron chi connectivity index (χ1n) is 8.92. The van der Waals surface area contributed by atoms with Crippen molar-refractivity contribution in [2.75, 3.05) is 11.5 Å². The smallest absolute Gasteiger partial charge is 0.178 e. The molecule has 0 bridgehead atoms. The highest BCUT2D eigenvalue weighted by Gasteiger charge is 2.04. The lowest BCUT2D eigenvalue weighted by Gasteiger charge is -2.02. The maximum Gasteiger partial charge on any atom is 0.178 e. The van der Waals surface area contributed by atoms with E-state index in [0.29, 0.717) is 0 Å². The van der Waals surface area contributed by atoms with Gasteiger partial charge in [-0.3, -0.25) is 0 Å². The van der Waals surface area contributed by atoms with Gasteiger partial charge < -0.3 is 0 Å². The van der Waals surface area contributed by atoms with Crippen molar-refractivity contribution in [2.24, 2.45) is 0 Å². The minimum absolute atomic E-state index is 1.14. The first kappa shape index (κ1) is 19.3. The summed E-state index contributed by atoms with van der Waals surface area (Å²) in [4.78, 5) is 0. The molecule has 0 amide bonds. The zero-order valence-corrected chi connectivity index (χ0v) is 16.6. The fraction of sp³-hybridized carbons (Fsp3) is 0.500. The van der Waals surface area contributed by atoms with E-state index in [1.807, 2.05) is 21.6 Å². The predicted octanol–water partition coefficient (Wildman–Crippen LogP) is 4.52. The van der Waals surface area contributed by atoms with E-state index in [1.165, 1.54) is 48.6 Å². The molecule has 2 heterocycles. The van der Waals surface area contributed by atoms with E-state index < -0.39 is 0 Å². The van der Waals surface area contributed by atoms with Gasteiger partial charge in [-0.15, -0.1) is 0 Å². The van der Waals surface area contributed by atoms with Gasteiger partial charge >= 0.3 is 0 Å². The predicted molar refractivity (Wildman–Crippen MR) is 106 cm³/mol. The summed E-state index contributed by atoms with van der Waals surface area (Å²) in [5, 5.41) is 0. The molecular weight excluding hydrogens is 332 g/mol. The Labute approximate surface area is 155 Å². The molecule has 0 unspecified atom stereocenters. The van der Waals surface area contributed by atoms with E-state index in [9.17, 15) is 0 Å². The molecule has 0 aliphatic carbocycles. The van der Waals surface area contributed by atoms with Gasteiger partial charge in [-0.05, 0) is 12.8 Å². The Morgan fingerprint density at radius 3 is 1.54 bits per heavy atom. The Morgan fingerprint density at radius 2 is 1.12 bits per heavy atom. The monoisotopic (exact) mass is 362 g/mol. The van der Waals surface area contributed by atoms with Crippen LogP contribution in [0.4, 0.5) is 0 Å². The zero-order chi connectivity index (χ0) is 17.0. The van der Waals surface area contributed by atoms with Gasteiger partial charge in [0.25, 0.3) is 0 Å². The van der Waals surface area contributed by atoms with Gasteiger partial charge in [-0.2, -0.15) is 0 Å². The molecule has 0 aromatic carbocycles. The van der Waals surface area contributed by atoms with Crippen molar-refractivity contribution in [3.8, 4) is 0 Å². The van der Waals surface area contributed by atoms with Crippen molar-refractivity contribution in [3.05, 3.63) is 60.2 Å². The maximum absolute atomic E-state index is 2.35. The van der Waals surface area contributed by atoms with Crippen LogP contribution >= 0.6 is 21.6 Å². The molecule has 2 rings (SSSR count). The van der Waals surface area contributed by atoms with E-state index >= 15 is 0 Å². The summed E-state index contributed by atoms with van der Waals surface area (Å²) in [6, 6.07) is 12.8. The second-order valence-corrected chi connectivity index (χ2v) is 8.83. The molecule has 0 aliphatic heterocycles. The van der Waals surface area contributed by atoms with Crippen LogP contribution in [0.5, 0.6) is 0 Å². The van der Waals surface area contributed by atoms with E-state index in [0.717, 1.165) is 13.1 Å². The van der Waals surface area contributed by atoms with Gasteiger partial charge in [0.1, 0.15) is 13.1 Å². The maximum atomic E-state index is 2.35. The summed E-state index contributed by atoms with van der Waals surface area (Å²) in [5.74, 6) is 2.54. The van der Waals surface area contributed by atoms with Crippen molar-refractivity contribution in [1.29, 1.82) is 0 Å². The van der Waals surface area contributed by atoms with Crippen LogP contribution in [0.3, 0.4) is 0 Å². The zero-order valence-electron chi connectivity index (χ0n) is 15.0. The average Bonchev–Trinajstić information content (AvgIpc) is 2.59. The summed E-state index contributed by atoms with van der Waals surface area (Å²) in [6.45, 7) is 6.65. The Balaban J connectivity index is 1.43. The van der Waals surface area contributed by atoms with Gasteiger partial charge in [0.05, 0.1) is 0 Å². The topological polar surface area (TPSA) is 7.76 Å². The Kier molecular flexibility index (Phi) is 9.29. The summed E-state index contributed by atoms with van der Waals surface area (Å²) in [6.07, 6.45) is 9.52. The van der Waals surface area contributed by atoms with Crippen molar-refractivity contribution >= 4 is 21.6 Å². The van der Waals surface area contributed by atoms with Crippen LogP contribution < -0.4 is 9.13 Å². The van der Waals surface area contributed by atoms with Crippen LogP contribution in [0.25, 0.3) is 0 Å². The highest BCUT2D eigenvalue weighted by atomic mass is 33.1. The molecule has 2 nitrogen and oxygen atoms in total. The van der Waals surface area contributed by atoms with Crippen molar-refractivity contribution in [2.45, 2.75) is 52.6 Å². The second-order valence-electron chi connectivity index (χ2n) is 6.13. The third-order valence-electron chi connectivity index (χ3n) is 4.17. The molecule has 24 heavy (non-hydrogen) atoms. The largest absolute Gasteiger partial charge is 0.203 e. The van der Waals surface area contributed by atoms with E-state index in [4.69, 9.17) is 0 Å². The van der Waals surface area contributed by atoms with E-state index in [1.54, 1.807) is 0 Å². The molecule has 0 spiro atoms. The normalized spacial score (nSPS) is 10.9. The first-order valence-corrected chi connectivity index (χ1v) is 11.4. The molecule has 0 radical (unpaired) electrons. The fourth-order valence-electron chi connectivity index (χ4n) is 2.63. The third-order valence-corrected chi connectivity index (χ3v) is 6.75. The van der Waals surface area contributed by atoms with Crippen LogP contribution in [0, 0.1) is 13.8 Å². The van der Waals surface area contributed by atoms with Crippen molar-refractivity contribution in [1.82, 2.24) is 0 Å². The molecule has 0 atom stereocenters. The molecule has 2 aromatic heterocycles. The summed E-state index contributed by atoms with van der Waals surface area (Å²) < 4.78 is 4.70. The second kappa shape index (κ2) is 11.5. The standard InChI is InChI=1S/C20H30N2S2/c1-19-11-3-5-13-21(19)15-7-9-17-23-24-18-10-8-16-22-14-6-4-12-20(22)2/h3-6,11-14H,7-10,15-18H2,1-2H3/q+2. The molecule has 0 saturated carbocycles. The van der Waals surface area contributed by atoms with Crippen LogP contribution in [-0.4, -0.2) is 11.5 Å². The van der Waals surface area contributed by atoms with Gasteiger partial charge in [-0.1, -0.05) is 33.7 Å². The van der Waals surface area contributed by atoms with Gasteiger partial charge in [-0.25, -0.2) is 9.13 Å². The number of rotatable bonds is 11. The number of unbranched alkanes of at least 4 members (excludes halogenated alkanes) is 2. The minimum atomic E-state index is 1.14. The van der Waals surface area contributed by atoms with Crippen LogP contribution in [0.15, 0.2) is 48.8 Å². The number of hydrogen-bond donors (Lipinski definition) is 0. The molecule has 0 fully saturated rings. The van der Waals surface area contributed by atoms with Crippen molar-refractivity contribution < 1.29 is 9.13 Å². The average molecular weight is 363 g/mol. The van der Waals surface area contributed by atoms with Gasteiger partial charge in [0, 0.05) is 62.5 Å². The van der Waals surface area contributed by atoms with E-state index in [2.05, 4.69) is 71.8 Å². The quantitative estimate of drug-likeness (QED) is 0.330. The van der Waals surface area contributed by atoms with Gasteiger partial charge in [0.2, 0.25) is 0 Å². The highest BCUT2D eigenvalue weighted by molar-refractivity contribution is 8.76. The van der Waals surface area contributed by atoms with Crippen LogP contribution in [0.2, 0.25) is 0 Å². The SMILES string of the molecule is Cc1cccc[n+]1CCCCSSCCCC[n+]1ccccc1C. The lowest BCUT2D eigenvalue weighted by Crippen LogP contribution is -2.36. The summed E-state index contributed by atoms with van der Waals surface area (Å²) in [7, 11) is 4.09. The third kappa shape index (κ3) is 7.27. The molecule has 0 saturated heterocycles. The fourth-order valence-corrected chi connectivity index (χ4v) is 4.92. The van der Waals surface area contributed by atoms with E-state index in [-0.39, 0.29) is 0 Å². The summed E-state index contributed by atoms with van der Waals surface area (Å²) in [5.41, 5.74) is 2.71. The number of aryl methyl sites for hydroxylation is 4. The number of aromatic nitrogens is 2. The number of nitrogens with zero attached hydrogens (tertiary/aromatic N) is 2. The minimum Gasteiger partial charge on any atom is -0.203 e. The summed E-state index contributed by atoms with van der Waals surface area (Å²) >= 11 is 0. The Bertz CT molecular complexity index is 548. The lowest BCUT2D eigenvalue weighted by molar-refractivity contribution is -0.703. The molecule has 0 N–H and O–H groups in total. The van der Waals surface area contributed by atoms with Crippen LogP contribution in [-0.2, 0) is 13.1 Å². The molecule has 4 heteroatoms. The highest BCUT2D eigenvalue weighted by Crippen LogP contribution is 2.23. The molecule has 0 aliphatic rings. The first-order chi connectivity index (χ1) is 11.8. The van der Waals surface area contributed by atoms with Gasteiger partial charge in [0.15, 0.2) is 23.8 Å². The lowest BCUT2D eigenvalue weighted by atomic mass is 10.3. The molecular formula is C20H30N2S2+2. The Morgan fingerprint density at radius 1 is 0.667 bits per heavy atom. The number of hydrogen-bond acceptors (Lipinski definition) is 2. The van der Waals surface area contributed by atoms with Crippen molar-refractivity contribution in [3.63, 3.8) is 0 Å². The Hall–Kier alpha value is -1.00. The number of pyridine rings is 2.